The van der Waals surface area contributed by atoms with E-state index in [0.717, 1.165) is 25.9 Å². The molecule has 3 N–H and O–H groups in total. The SMILES string of the molecule is C[C@@H]1CN(C(=O)CN2CCC(N)CC2)C[C@H]1C(=O)O. The molecule has 0 aromatic heterocycles. The van der Waals surface area contributed by atoms with Crippen molar-refractivity contribution in [3.63, 3.8) is 0 Å². The first kappa shape index (κ1) is 14.3. The summed E-state index contributed by atoms with van der Waals surface area (Å²) < 4.78 is 0. The molecule has 2 saturated heterocycles. The minimum absolute atomic E-state index is 0.0382. The predicted molar refractivity (Wildman–Crippen MR) is 70.5 cm³/mol. The van der Waals surface area contributed by atoms with Gasteiger partial charge in [0.05, 0.1) is 12.5 Å². The molecule has 2 aliphatic heterocycles. The van der Waals surface area contributed by atoms with Crippen molar-refractivity contribution in [2.45, 2.75) is 25.8 Å². The Bertz CT molecular complexity index is 353. The number of likely N-dealkylation sites (tertiary alicyclic amines) is 2. The lowest BCUT2D eigenvalue weighted by molar-refractivity contribution is -0.142. The first-order chi connectivity index (χ1) is 8.97. The molecule has 0 aromatic rings. The van der Waals surface area contributed by atoms with Gasteiger partial charge in [0.2, 0.25) is 5.91 Å². The minimum Gasteiger partial charge on any atom is -0.481 e. The molecule has 0 radical (unpaired) electrons. The Morgan fingerprint density at radius 2 is 1.89 bits per heavy atom. The summed E-state index contributed by atoms with van der Waals surface area (Å²) in [5, 5.41) is 9.07. The highest BCUT2D eigenvalue weighted by Gasteiger charge is 2.37. The molecule has 1 amide bonds. The first-order valence-electron chi connectivity index (χ1n) is 6.96. The van der Waals surface area contributed by atoms with Gasteiger partial charge in [0.25, 0.3) is 0 Å². The normalized spacial score (nSPS) is 29.7. The van der Waals surface area contributed by atoms with Gasteiger partial charge in [0.15, 0.2) is 0 Å². The molecule has 0 aromatic carbocycles. The van der Waals surface area contributed by atoms with Gasteiger partial charge in [-0.3, -0.25) is 14.5 Å². The molecule has 0 spiro atoms. The number of rotatable bonds is 3. The Morgan fingerprint density at radius 3 is 2.42 bits per heavy atom. The molecule has 6 heteroatoms. The third-order valence-electron chi connectivity index (χ3n) is 4.27. The molecular formula is C13H23N3O3. The second-order valence-electron chi connectivity index (χ2n) is 5.83. The molecule has 0 saturated carbocycles. The van der Waals surface area contributed by atoms with E-state index in [1.807, 2.05) is 6.92 Å². The highest BCUT2D eigenvalue weighted by molar-refractivity contribution is 5.80. The number of nitrogens with two attached hydrogens (primary N) is 1. The molecule has 0 bridgehead atoms. The maximum Gasteiger partial charge on any atom is 0.308 e. The third-order valence-corrected chi connectivity index (χ3v) is 4.27. The van der Waals surface area contributed by atoms with Gasteiger partial charge in [-0.25, -0.2) is 0 Å². The van der Waals surface area contributed by atoms with Gasteiger partial charge >= 0.3 is 5.97 Å². The summed E-state index contributed by atoms with van der Waals surface area (Å²) in [4.78, 5) is 27.0. The van der Waals surface area contributed by atoms with Gasteiger partial charge in [0.1, 0.15) is 0 Å². The Balaban J connectivity index is 1.82. The standard InChI is InChI=1S/C13H23N3O3/c1-9-6-16(7-11(9)13(18)19)12(17)8-15-4-2-10(14)3-5-15/h9-11H,2-8,14H2,1H3,(H,18,19)/t9-,11-/m1/s1. The lowest BCUT2D eigenvalue weighted by atomic mass is 9.99. The zero-order chi connectivity index (χ0) is 14.0. The highest BCUT2D eigenvalue weighted by atomic mass is 16.4. The van der Waals surface area contributed by atoms with Crippen LogP contribution in [0.15, 0.2) is 0 Å². The van der Waals surface area contributed by atoms with E-state index in [4.69, 9.17) is 10.8 Å². The van der Waals surface area contributed by atoms with Crippen molar-refractivity contribution in [2.75, 3.05) is 32.7 Å². The van der Waals surface area contributed by atoms with E-state index in [-0.39, 0.29) is 17.9 Å². The maximum atomic E-state index is 12.2. The molecule has 0 unspecified atom stereocenters. The van der Waals surface area contributed by atoms with E-state index in [1.165, 1.54) is 0 Å². The van der Waals surface area contributed by atoms with Crippen LogP contribution in [0.4, 0.5) is 0 Å². The fourth-order valence-electron chi connectivity index (χ4n) is 2.89. The largest absolute Gasteiger partial charge is 0.481 e. The van der Waals surface area contributed by atoms with Crippen LogP contribution in [0.3, 0.4) is 0 Å². The quantitative estimate of drug-likeness (QED) is 0.727. The van der Waals surface area contributed by atoms with Crippen molar-refractivity contribution in [1.82, 2.24) is 9.80 Å². The van der Waals surface area contributed by atoms with E-state index in [0.29, 0.717) is 19.6 Å². The summed E-state index contributed by atoms with van der Waals surface area (Å²) in [7, 11) is 0. The van der Waals surface area contributed by atoms with E-state index >= 15 is 0 Å². The Hall–Kier alpha value is -1.14. The summed E-state index contributed by atoms with van der Waals surface area (Å²) in [6, 6.07) is 0.259. The van der Waals surface area contributed by atoms with Gasteiger partial charge in [-0.15, -0.1) is 0 Å². The van der Waals surface area contributed by atoms with Gasteiger partial charge in [0, 0.05) is 32.2 Å². The summed E-state index contributed by atoms with van der Waals surface area (Å²) in [5.74, 6) is -1.13. The summed E-state index contributed by atoms with van der Waals surface area (Å²) >= 11 is 0. The van der Waals surface area contributed by atoms with Gasteiger partial charge < -0.3 is 15.7 Å². The topological polar surface area (TPSA) is 86.9 Å². The maximum absolute atomic E-state index is 12.2. The average molecular weight is 269 g/mol. The number of carbonyl (C=O) groups excluding carboxylic acids is 1. The number of piperidine rings is 1. The molecule has 0 aliphatic carbocycles. The molecule has 2 atom stereocenters. The second-order valence-corrected chi connectivity index (χ2v) is 5.83. The number of hydrogen-bond acceptors (Lipinski definition) is 4. The third kappa shape index (κ3) is 3.45. The zero-order valence-corrected chi connectivity index (χ0v) is 11.4. The number of amides is 1. The second kappa shape index (κ2) is 5.88. The average Bonchev–Trinajstić information content (AvgIpc) is 2.74. The van der Waals surface area contributed by atoms with Crippen molar-refractivity contribution >= 4 is 11.9 Å². The monoisotopic (exact) mass is 269 g/mol. The zero-order valence-electron chi connectivity index (χ0n) is 11.4. The van der Waals surface area contributed by atoms with Crippen molar-refractivity contribution in [1.29, 1.82) is 0 Å². The van der Waals surface area contributed by atoms with Crippen molar-refractivity contribution in [3.05, 3.63) is 0 Å². The van der Waals surface area contributed by atoms with Gasteiger partial charge in [-0.05, 0) is 18.8 Å². The van der Waals surface area contributed by atoms with Crippen molar-refractivity contribution in [2.24, 2.45) is 17.6 Å². The molecular weight excluding hydrogens is 246 g/mol. The van der Waals surface area contributed by atoms with Crippen LogP contribution in [0.25, 0.3) is 0 Å². The van der Waals surface area contributed by atoms with Crippen LogP contribution in [0, 0.1) is 11.8 Å². The molecule has 2 heterocycles. The summed E-state index contributed by atoms with van der Waals surface area (Å²) in [6.45, 7) is 4.92. The first-order valence-corrected chi connectivity index (χ1v) is 6.96. The Morgan fingerprint density at radius 1 is 1.26 bits per heavy atom. The number of hydrogen-bond donors (Lipinski definition) is 2. The number of nitrogens with zero attached hydrogens (tertiary/aromatic N) is 2. The Labute approximate surface area is 113 Å². The summed E-state index contributed by atoms with van der Waals surface area (Å²) in [6.07, 6.45) is 1.86. The summed E-state index contributed by atoms with van der Waals surface area (Å²) in [5.41, 5.74) is 5.83. The predicted octanol–water partition coefficient (Wildman–Crippen LogP) is -0.411. The number of aliphatic carboxylic acids is 1. The van der Waals surface area contributed by atoms with Crippen molar-refractivity contribution in [3.8, 4) is 0 Å². The van der Waals surface area contributed by atoms with E-state index in [9.17, 15) is 9.59 Å². The van der Waals surface area contributed by atoms with Crippen LogP contribution >= 0.6 is 0 Å². The fraction of sp³-hybridized carbons (Fsp3) is 0.846. The van der Waals surface area contributed by atoms with Crippen LogP contribution in [0.5, 0.6) is 0 Å². The Kier molecular flexibility index (Phi) is 4.42. The molecule has 19 heavy (non-hydrogen) atoms. The van der Waals surface area contributed by atoms with Crippen LogP contribution < -0.4 is 5.73 Å². The molecule has 2 aliphatic rings. The van der Waals surface area contributed by atoms with Crippen LogP contribution in [0.2, 0.25) is 0 Å². The number of carboxylic acids is 1. The van der Waals surface area contributed by atoms with Gasteiger partial charge in [-0.2, -0.15) is 0 Å². The van der Waals surface area contributed by atoms with Crippen LogP contribution in [-0.2, 0) is 9.59 Å². The van der Waals surface area contributed by atoms with Gasteiger partial charge in [-0.1, -0.05) is 6.92 Å². The van der Waals surface area contributed by atoms with E-state index in [2.05, 4.69) is 4.90 Å². The van der Waals surface area contributed by atoms with Crippen LogP contribution in [0.1, 0.15) is 19.8 Å². The number of carbonyl (C=O) groups is 2. The van der Waals surface area contributed by atoms with Crippen LogP contribution in [-0.4, -0.2) is 65.5 Å². The molecule has 2 rings (SSSR count). The smallest absolute Gasteiger partial charge is 0.308 e. The number of carboxylic acid groups (broad SMARTS) is 1. The lowest BCUT2D eigenvalue weighted by Gasteiger charge is -2.30. The highest BCUT2D eigenvalue weighted by Crippen LogP contribution is 2.23. The van der Waals surface area contributed by atoms with E-state index in [1.54, 1.807) is 4.90 Å². The molecule has 6 nitrogen and oxygen atoms in total. The lowest BCUT2D eigenvalue weighted by Crippen LogP contribution is -2.45. The molecule has 2 fully saturated rings. The van der Waals surface area contributed by atoms with Crippen molar-refractivity contribution < 1.29 is 14.7 Å². The molecule has 108 valence electrons. The fourth-order valence-corrected chi connectivity index (χ4v) is 2.89. The minimum atomic E-state index is -0.799. The van der Waals surface area contributed by atoms with E-state index < -0.39 is 11.9 Å².